The molecule has 2 atom stereocenters. The van der Waals surface area contributed by atoms with Crippen LogP contribution in [-0.4, -0.2) is 92.6 Å². The maximum atomic E-state index is 13.0. The number of likely N-dealkylation sites (tertiary alicyclic amines) is 1. The van der Waals surface area contributed by atoms with E-state index in [1.165, 1.54) is 27.6 Å². The van der Waals surface area contributed by atoms with E-state index in [2.05, 4.69) is 59.3 Å². The summed E-state index contributed by atoms with van der Waals surface area (Å²) in [5, 5.41) is 1.17. The summed E-state index contributed by atoms with van der Waals surface area (Å²) < 4.78 is 17.5. The Bertz CT molecular complexity index is 1310. The summed E-state index contributed by atoms with van der Waals surface area (Å²) >= 11 is 0. The lowest BCUT2D eigenvalue weighted by Gasteiger charge is -2.37. The molecule has 42 heavy (non-hydrogen) atoms. The predicted octanol–water partition coefficient (Wildman–Crippen LogP) is 5.45. The average molecular weight is 572 g/mol. The molecule has 3 saturated heterocycles. The minimum atomic E-state index is -0.228. The van der Waals surface area contributed by atoms with Gasteiger partial charge in [-0.15, -0.1) is 0 Å². The van der Waals surface area contributed by atoms with Gasteiger partial charge in [0.2, 0.25) is 0 Å². The average Bonchev–Trinajstić information content (AvgIpc) is 3.59. The maximum Gasteiger partial charge on any atom is 0.251 e. The third-order valence-electron chi connectivity index (χ3n) is 9.47. The normalized spacial score (nSPS) is 21.2. The number of aromatic nitrogens is 1. The number of nitrogens with zero attached hydrogens (tertiary/aromatic N) is 3. The molecule has 1 aromatic heterocycles. The van der Waals surface area contributed by atoms with Crippen LogP contribution in [0.5, 0.6) is 0 Å². The highest BCUT2D eigenvalue weighted by molar-refractivity contribution is 5.88. The number of hydrogen-bond acceptors (Lipinski definition) is 6. The number of morpholine rings is 1. The number of fused-ring (bicyclic) bond motifs is 1. The van der Waals surface area contributed by atoms with Crippen molar-refractivity contribution in [2.75, 3.05) is 65.8 Å². The van der Waals surface area contributed by atoms with Crippen LogP contribution in [0.1, 0.15) is 49.1 Å². The number of hydrogen-bond donors (Lipinski definition) is 0. The molecule has 1 amide bonds. The molecule has 3 aliphatic rings. The lowest BCUT2D eigenvalue weighted by atomic mass is 9.80. The Labute approximate surface area is 250 Å². The van der Waals surface area contributed by atoms with Crippen molar-refractivity contribution < 1.29 is 19.0 Å². The van der Waals surface area contributed by atoms with Crippen molar-refractivity contribution in [3.05, 3.63) is 65.9 Å². The summed E-state index contributed by atoms with van der Waals surface area (Å²) in [4.78, 5) is 22.1. The molecule has 3 aliphatic heterocycles. The van der Waals surface area contributed by atoms with Gasteiger partial charge in [0.15, 0.2) is 0 Å². The third-order valence-corrected chi connectivity index (χ3v) is 9.47. The van der Waals surface area contributed by atoms with Crippen molar-refractivity contribution in [1.29, 1.82) is 0 Å². The lowest BCUT2D eigenvalue weighted by Crippen LogP contribution is -2.44. The molecule has 0 spiro atoms. The molecule has 224 valence electrons. The highest BCUT2D eigenvalue weighted by atomic mass is 16.5. The monoisotopic (exact) mass is 571 g/mol. The van der Waals surface area contributed by atoms with Crippen LogP contribution in [0.2, 0.25) is 0 Å². The van der Waals surface area contributed by atoms with E-state index >= 15 is 0 Å². The minimum absolute atomic E-state index is 0.187. The molecular formula is C35H45N3O4. The fourth-order valence-electron chi connectivity index (χ4n) is 6.94. The SMILES string of the molecule is Cc1c(-c2ccc(C(COCCCN3CCOCC3)C3CCN(C(=O)[C@H]4CCCO4)CC3)cc2)ccc2cccnc12. The van der Waals surface area contributed by atoms with E-state index in [1.54, 1.807) is 0 Å². The molecule has 6 rings (SSSR count). The van der Waals surface area contributed by atoms with Gasteiger partial charge in [0.05, 0.1) is 25.3 Å². The number of benzene rings is 2. The molecule has 4 heterocycles. The second kappa shape index (κ2) is 14.1. The van der Waals surface area contributed by atoms with Gasteiger partial charge in [0.1, 0.15) is 6.10 Å². The molecule has 7 heteroatoms. The number of ether oxygens (including phenoxy) is 3. The van der Waals surface area contributed by atoms with E-state index in [-0.39, 0.29) is 12.0 Å². The molecule has 0 saturated carbocycles. The Hall–Kier alpha value is -2.84. The molecule has 0 radical (unpaired) electrons. The summed E-state index contributed by atoms with van der Waals surface area (Å²) in [5.41, 5.74) is 6.04. The zero-order chi connectivity index (χ0) is 28.7. The van der Waals surface area contributed by atoms with E-state index < -0.39 is 0 Å². The summed E-state index contributed by atoms with van der Waals surface area (Å²) in [5.74, 6) is 0.975. The molecule has 7 nitrogen and oxygen atoms in total. The van der Waals surface area contributed by atoms with Crippen molar-refractivity contribution in [2.45, 2.75) is 51.0 Å². The van der Waals surface area contributed by atoms with Crippen LogP contribution in [0.4, 0.5) is 0 Å². The molecule has 2 aromatic carbocycles. The van der Waals surface area contributed by atoms with Crippen molar-refractivity contribution in [3.8, 4) is 11.1 Å². The second-order valence-corrected chi connectivity index (χ2v) is 12.1. The molecule has 0 bridgehead atoms. The number of aryl methyl sites for hydroxylation is 1. The van der Waals surface area contributed by atoms with Crippen molar-refractivity contribution in [2.24, 2.45) is 5.92 Å². The number of amides is 1. The number of piperidine rings is 1. The van der Waals surface area contributed by atoms with E-state index in [9.17, 15) is 4.79 Å². The van der Waals surface area contributed by atoms with Gasteiger partial charge < -0.3 is 19.1 Å². The highest BCUT2D eigenvalue weighted by Crippen LogP contribution is 2.36. The Morgan fingerprint density at radius 2 is 1.81 bits per heavy atom. The molecule has 0 N–H and O–H groups in total. The number of carbonyl (C=O) groups excluding carboxylic acids is 1. The standard InChI is InChI=1S/C35H45N3O4/c1-26-31(12-11-30-5-2-15-36-34(26)30)27-7-9-28(10-8-27)32(25-41-21-4-16-37-19-23-40-24-20-37)29-13-17-38(18-14-29)35(39)33-6-3-22-42-33/h2,5,7-12,15,29,32-33H,3-4,6,13-14,16-25H2,1H3/t32?,33-/m1/s1. The smallest absolute Gasteiger partial charge is 0.251 e. The zero-order valence-corrected chi connectivity index (χ0v) is 25.0. The lowest BCUT2D eigenvalue weighted by molar-refractivity contribution is -0.142. The molecular weight excluding hydrogens is 526 g/mol. The van der Waals surface area contributed by atoms with Crippen LogP contribution < -0.4 is 0 Å². The summed E-state index contributed by atoms with van der Waals surface area (Å²) in [6.07, 6.45) is 6.52. The first-order valence-electron chi connectivity index (χ1n) is 15.9. The topological polar surface area (TPSA) is 64.1 Å². The van der Waals surface area contributed by atoms with Crippen LogP contribution in [0.25, 0.3) is 22.0 Å². The van der Waals surface area contributed by atoms with Gasteiger partial charge in [0, 0.05) is 63.4 Å². The van der Waals surface area contributed by atoms with Crippen LogP contribution in [0.15, 0.2) is 54.7 Å². The van der Waals surface area contributed by atoms with Crippen LogP contribution >= 0.6 is 0 Å². The quantitative estimate of drug-likeness (QED) is 0.302. The Balaban J connectivity index is 1.13. The number of rotatable bonds is 10. The largest absolute Gasteiger partial charge is 0.381 e. The molecule has 3 aromatic rings. The molecule has 0 aliphatic carbocycles. The highest BCUT2D eigenvalue weighted by Gasteiger charge is 2.33. The van der Waals surface area contributed by atoms with Crippen LogP contribution in [-0.2, 0) is 19.0 Å². The first-order chi connectivity index (χ1) is 20.7. The Morgan fingerprint density at radius 3 is 2.57 bits per heavy atom. The van der Waals surface area contributed by atoms with Gasteiger partial charge in [-0.3, -0.25) is 14.7 Å². The first kappa shape index (κ1) is 29.2. The summed E-state index contributed by atoms with van der Waals surface area (Å²) in [6.45, 7) is 10.7. The zero-order valence-electron chi connectivity index (χ0n) is 25.0. The van der Waals surface area contributed by atoms with Crippen molar-refractivity contribution in [1.82, 2.24) is 14.8 Å². The van der Waals surface area contributed by atoms with E-state index in [0.717, 1.165) is 90.2 Å². The summed E-state index contributed by atoms with van der Waals surface area (Å²) in [7, 11) is 0. The fraction of sp³-hybridized carbons (Fsp3) is 0.543. The van der Waals surface area contributed by atoms with Gasteiger partial charge >= 0.3 is 0 Å². The van der Waals surface area contributed by atoms with Gasteiger partial charge in [-0.25, -0.2) is 0 Å². The Morgan fingerprint density at radius 1 is 1.00 bits per heavy atom. The summed E-state index contributed by atoms with van der Waals surface area (Å²) in [6, 6.07) is 17.6. The Kier molecular flexibility index (Phi) is 9.81. The fourth-order valence-corrected chi connectivity index (χ4v) is 6.94. The van der Waals surface area contributed by atoms with Gasteiger partial charge in [0.25, 0.3) is 5.91 Å². The van der Waals surface area contributed by atoms with E-state index in [1.807, 2.05) is 17.2 Å². The number of carbonyl (C=O) groups is 1. The molecule has 3 fully saturated rings. The number of pyridine rings is 1. The van der Waals surface area contributed by atoms with E-state index in [4.69, 9.17) is 14.2 Å². The third kappa shape index (κ3) is 6.86. The molecule has 1 unspecified atom stereocenters. The van der Waals surface area contributed by atoms with E-state index in [0.29, 0.717) is 25.0 Å². The maximum absolute atomic E-state index is 13.0. The van der Waals surface area contributed by atoms with Crippen LogP contribution in [0.3, 0.4) is 0 Å². The second-order valence-electron chi connectivity index (χ2n) is 12.1. The van der Waals surface area contributed by atoms with Gasteiger partial charge in [-0.05, 0) is 73.3 Å². The first-order valence-corrected chi connectivity index (χ1v) is 15.9. The van der Waals surface area contributed by atoms with Crippen molar-refractivity contribution >= 4 is 16.8 Å². The van der Waals surface area contributed by atoms with Gasteiger partial charge in [-0.2, -0.15) is 0 Å². The van der Waals surface area contributed by atoms with Gasteiger partial charge in [-0.1, -0.05) is 42.5 Å². The predicted molar refractivity (Wildman–Crippen MR) is 166 cm³/mol. The van der Waals surface area contributed by atoms with Crippen molar-refractivity contribution in [3.63, 3.8) is 0 Å². The minimum Gasteiger partial charge on any atom is -0.381 e. The van der Waals surface area contributed by atoms with Crippen LogP contribution in [0, 0.1) is 12.8 Å².